The van der Waals surface area contributed by atoms with Crippen molar-refractivity contribution in [3.8, 4) is 0 Å². The highest BCUT2D eigenvalue weighted by Crippen LogP contribution is 2.36. The number of benzene rings is 2. The van der Waals surface area contributed by atoms with Crippen molar-refractivity contribution >= 4 is 69.5 Å². The van der Waals surface area contributed by atoms with Crippen LogP contribution in [0.25, 0.3) is 11.2 Å². The Morgan fingerprint density at radius 1 is 0.864 bits per heavy atom. The number of anilines is 4. The van der Waals surface area contributed by atoms with Crippen molar-refractivity contribution in [2.75, 3.05) is 48.3 Å². The van der Waals surface area contributed by atoms with Crippen LogP contribution in [0.3, 0.4) is 0 Å². The fourth-order valence-corrected chi connectivity index (χ4v) is 8.05. The Labute approximate surface area is 337 Å². The second-order valence-corrected chi connectivity index (χ2v) is 15.1. The summed E-state index contributed by atoms with van der Waals surface area (Å²) < 4.78 is 2.04. The van der Waals surface area contributed by atoms with Gasteiger partial charge in [0.05, 0.1) is 24.0 Å². The lowest BCUT2D eigenvalue weighted by molar-refractivity contribution is -0.136. The molecule has 300 valence electrons. The molecule has 2 saturated heterocycles. The molecule has 1 atom stereocenters. The van der Waals surface area contributed by atoms with Crippen LogP contribution in [-0.2, 0) is 14.4 Å². The van der Waals surface area contributed by atoms with Gasteiger partial charge in [0.25, 0.3) is 17.7 Å². The molecule has 0 radical (unpaired) electrons. The number of piperidine rings is 1. The number of rotatable bonds is 10. The molecular weight excluding hydrogens is 757 g/mol. The number of aromatic nitrogens is 5. The quantitative estimate of drug-likeness (QED) is 0.150. The van der Waals surface area contributed by atoms with E-state index in [9.17, 15) is 28.8 Å². The zero-order valence-corrected chi connectivity index (χ0v) is 32.1. The van der Waals surface area contributed by atoms with Crippen molar-refractivity contribution in [1.29, 1.82) is 0 Å². The Balaban J connectivity index is 0.750. The molecular formula is C41H40N12O6. The summed E-state index contributed by atoms with van der Waals surface area (Å²) in [5.41, 5.74) is 5.26. The first-order valence-electron chi connectivity index (χ1n) is 19.5. The summed E-state index contributed by atoms with van der Waals surface area (Å²) in [7, 11) is 0. The molecule has 6 amide bonds. The second kappa shape index (κ2) is 15.3. The van der Waals surface area contributed by atoms with Crippen LogP contribution in [0.4, 0.5) is 22.9 Å². The van der Waals surface area contributed by atoms with Crippen LogP contribution in [0.1, 0.15) is 68.6 Å². The minimum atomic E-state index is -1.04. The summed E-state index contributed by atoms with van der Waals surface area (Å²) >= 11 is 0. The maximum atomic E-state index is 13.2. The smallest absolute Gasteiger partial charge is 0.270 e. The predicted molar refractivity (Wildman–Crippen MR) is 214 cm³/mol. The topological polar surface area (TPSA) is 217 Å². The van der Waals surface area contributed by atoms with Gasteiger partial charge in [-0.2, -0.15) is 0 Å². The highest BCUT2D eigenvalue weighted by Gasteiger charge is 2.44. The number of carbonyl (C=O) groups is 6. The summed E-state index contributed by atoms with van der Waals surface area (Å²) in [5, 5.41) is 11.7. The van der Waals surface area contributed by atoms with Crippen molar-refractivity contribution < 1.29 is 28.8 Å². The molecule has 18 nitrogen and oxygen atoms in total. The number of amides is 6. The molecule has 6 heterocycles. The molecule has 1 saturated carbocycles. The van der Waals surface area contributed by atoms with E-state index in [1.165, 1.54) is 18.5 Å². The van der Waals surface area contributed by atoms with E-state index in [1.807, 2.05) is 47.9 Å². The van der Waals surface area contributed by atoms with Gasteiger partial charge in [0.2, 0.25) is 17.7 Å². The van der Waals surface area contributed by atoms with Gasteiger partial charge in [-0.3, -0.25) is 39.0 Å². The number of hydrogen-bond acceptors (Lipinski definition) is 13. The Morgan fingerprint density at radius 2 is 1.63 bits per heavy atom. The van der Waals surface area contributed by atoms with Crippen LogP contribution in [0.2, 0.25) is 0 Å². The van der Waals surface area contributed by atoms with Crippen molar-refractivity contribution in [3.05, 3.63) is 95.8 Å². The first kappa shape index (κ1) is 37.3. The second-order valence-electron chi connectivity index (χ2n) is 15.1. The van der Waals surface area contributed by atoms with E-state index in [-0.39, 0.29) is 54.4 Å². The predicted octanol–water partition coefficient (Wildman–Crippen LogP) is 2.57. The van der Waals surface area contributed by atoms with Gasteiger partial charge in [-0.1, -0.05) is 6.07 Å². The van der Waals surface area contributed by atoms with E-state index in [4.69, 9.17) is 0 Å². The van der Waals surface area contributed by atoms with E-state index in [2.05, 4.69) is 46.1 Å². The first-order valence-corrected chi connectivity index (χ1v) is 19.5. The summed E-state index contributed by atoms with van der Waals surface area (Å²) in [4.78, 5) is 98.8. The molecule has 59 heavy (non-hydrogen) atoms. The Hall–Kier alpha value is -7.24. The third-order valence-corrected chi connectivity index (χ3v) is 11.3. The van der Waals surface area contributed by atoms with E-state index in [1.54, 1.807) is 23.4 Å². The van der Waals surface area contributed by atoms with Crippen LogP contribution in [0, 0.1) is 6.92 Å². The Bertz CT molecular complexity index is 2530. The number of imide groups is 2. The lowest BCUT2D eigenvalue weighted by Crippen LogP contribution is -2.54. The number of carbonyl (C=O) groups excluding carboxylic acids is 6. The van der Waals surface area contributed by atoms with Crippen molar-refractivity contribution in [2.45, 2.75) is 50.7 Å². The van der Waals surface area contributed by atoms with Gasteiger partial charge in [-0.25, -0.2) is 19.9 Å². The van der Waals surface area contributed by atoms with Gasteiger partial charge in [-0.05, 0) is 80.8 Å². The molecule has 4 aliphatic rings. The summed E-state index contributed by atoms with van der Waals surface area (Å²) in [5.74, 6) is -1.97. The molecule has 4 N–H and O–H groups in total. The van der Waals surface area contributed by atoms with E-state index < -0.39 is 29.7 Å². The van der Waals surface area contributed by atoms with E-state index in [0.717, 1.165) is 34.8 Å². The largest absolute Gasteiger partial charge is 0.376 e. The van der Waals surface area contributed by atoms with Gasteiger partial charge in [0, 0.05) is 67.4 Å². The number of imidazole rings is 1. The number of nitrogens with zero attached hydrogens (tertiary/aromatic N) is 8. The number of nitrogens with one attached hydrogen (secondary N) is 4. The number of fused-ring (bicyclic) bond motifs is 2. The van der Waals surface area contributed by atoms with Crippen LogP contribution in [0.15, 0.2) is 73.3 Å². The molecule has 5 aromatic rings. The third-order valence-electron chi connectivity index (χ3n) is 11.3. The lowest BCUT2D eigenvalue weighted by atomic mass is 9.86. The molecule has 3 aliphatic heterocycles. The lowest BCUT2D eigenvalue weighted by Gasteiger charge is -2.36. The normalized spacial score (nSPS) is 20.3. The standard InChI is InChI=1S/C41H40N12O6/c1-23-3-2-4-31(46-23)38(56)48-26-17-28(18-26)52-22-45-35-36(43-21-44-37(35)52)47-24-5-8-27(9-6-24)50-13-15-51(16-14-50)34(55)20-42-25-7-10-29-30(19-25)41(59)53(40(29)58)32-11-12-33(54)49-39(32)57/h2-10,19,21-22,26,28,32,42H,11-18,20H2,1H3,(H,48,56)(H,43,44,47)(H,49,54,57)/t26?,28?,32-/m0/s1. The average molecular weight is 797 g/mol. The van der Waals surface area contributed by atoms with Gasteiger partial charge in [0.1, 0.15) is 18.1 Å². The summed E-state index contributed by atoms with van der Waals surface area (Å²) in [6.45, 7) is 4.19. The van der Waals surface area contributed by atoms with Gasteiger partial charge >= 0.3 is 0 Å². The van der Waals surface area contributed by atoms with Crippen molar-refractivity contribution in [3.63, 3.8) is 0 Å². The summed E-state index contributed by atoms with van der Waals surface area (Å²) in [6.07, 6.45) is 4.93. The van der Waals surface area contributed by atoms with Crippen LogP contribution < -0.4 is 26.2 Å². The number of aryl methyl sites for hydroxylation is 1. The zero-order chi connectivity index (χ0) is 40.8. The maximum Gasteiger partial charge on any atom is 0.270 e. The van der Waals surface area contributed by atoms with E-state index >= 15 is 0 Å². The van der Waals surface area contributed by atoms with Crippen molar-refractivity contribution in [2.24, 2.45) is 0 Å². The molecule has 1 aliphatic carbocycles. The minimum absolute atomic E-state index is 0.00147. The Morgan fingerprint density at radius 3 is 2.39 bits per heavy atom. The van der Waals surface area contributed by atoms with Crippen LogP contribution in [-0.4, -0.2) is 115 Å². The molecule has 9 rings (SSSR count). The highest BCUT2D eigenvalue weighted by atomic mass is 16.2. The molecule has 0 spiro atoms. The monoisotopic (exact) mass is 796 g/mol. The highest BCUT2D eigenvalue weighted by molar-refractivity contribution is 6.23. The third kappa shape index (κ3) is 7.28. The van der Waals surface area contributed by atoms with Crippen LogP contribution in [0.5, 0.6) is 0 Å². The van der Waals surface area contributed by atoms with E-state index in [0.29, 0.717) is 54.5 Å². The zero-order valence-electron chi connectivity index (χ0n) is 32.1. The fraction of sp³-hybridized carbons (Fsp3) is 0.317. The number of hydrogen-bond donors (Lipinski definition) is 4. The Kier molecular flexibility index (Phi) is 9.66. The molecule has 18 heteroatoms. The van der Waals surface area contributed by atoms with Gasteiger partial charge in [-0.15, -0.1) is 0 Å². The molecule has 0 bridgehead atoms. The number of piperazine rings is 1. The SMILES string of the molecule is Cc1cccc(C(=O)NC2CC(n3cnc4c(Nc5ccc(N6CCN(C(=O)CNc7ccc8c(c7)C(=O)N([C@H]7CCC(=O)NC7=O)C8=O)CC6)cc5)ncnc43)C2)n1. The molecule has 3 aromatic heterocycles. The van der Waals surface area contributed by atoms with Gasteiger partial charge < -0.3 is 30.3 Å². The van der Waals surface area contributed by atoms with Crippen LogP contribution >= 0.6 is 0 Å². The van der Waals surface area contributed by atoms with Crippen molar-refractivity contribution in [1.82, 2.24) is 44.9 Å². The fourth-order valence-electron chi connectivity index (χ4n) is 8.05. The summed E-state index contributed by atoms with van der Waals surface area (Å²) in [6, 6.07) is 17.2. The number of pyridine rings is 1. The average Bonchev–Trinajstić information content (AvgIpc) is 3.76. The molecule has 0 unspecified atom stereocenters. The van der Waals surface area contributed by atoms with Gasteiger partial charge in [0.15, 0.2) is 17.0 Å². The molecule has 2 aromatic carbocycles. The maximum absolute atomic E-state index is 13.2. The minimum Gasteiger partial charge on any atom is -0.376 e. The first-order chi connectivity index (χ1) is 28.6. The molecule has 3 fully saturated rings.